The Labute approximate surface area is 116 Å². The van der Waals surface area contributed by atoms with Gasteiger partial charge >= 0.3 is 0 Å². The molecule has 0 unspecified atom stereocenters. The lowest BCUT2D eigenvalue weighted by Gasteiger charge is -2.10. The van der Waals surface area contributed by atoms with Crippen molar-refractivity contribution in [3.8, 4) is 11.5 Å². The van der Waals surface area contributed by atoms with Crippen LogP contribution in [0.2, 0.25) is 0 Å². The zero-order valence-corrected chi connectivity index (χ0v) is 11.4. The number of benzene rings is 1. The van der Waals surface area contributed by atoms with Crippen LogP contribution in [0, 0.1) is 0 Å². The summed E-state index contributed by atoms with van der Waals surface area (Å²) >= 11 is 1.50. The number of hydrogen-bond donors (Lipinski definition) is 1. The van der Waals surface area contributed by atoms with Crippen LogP contribution in [0.3, 0.4) is 0 Å². The summed E-state index contributed by atoms with van der Waals surface area (Å²) in [5, 5.41) is 6.49. The summed E-state index contributed by atoms with van der Waals surface area (Å²) in [5.74, 6) is 1.28. The van der Waals surface area contributed by atoms with Crippen molar-refractivity contribution in [2.24, 2.45) is 0 Å². The molecule has 0 saturated carbocycles. The van der Waals surface area contributed by atoms with Crippen LogP contribution in [-0.2, 0) is 0 Å². The van der Waals surface area contributed by atoms with Crippen LogP contribution in [-0.4, -0.2) is 26.2 Å². The lowest BCUT2D eigenvalue weighted by molar-refractivity contribution is 0.0947. The number of rotatable bonds is 6. The quantitative estimate of drug-likeness (QED) is 0.826. The molecule has 0 fully saturated rings. The van der Waals surface area contributed by atoms with Gasteiger partial charge in [-0.15, -0.1) is 0 Å². The minimum atomic E-state index is -0.0788. The van der Waals surface area contributed by atoms with E-state index in [4.69, 9.17) is 9.47 Å². The highest BCUT2D eigenvalue weighted by Crippen LogP contribution is 2.25. The van der Waals surface area contributed by atoms with E-state index >= 15 is 0 Å². The van der Waals surface area contributed by atoms with Gasteiger partial charge in [-0.2, -0.15) is 11.3 Å². The summed E-state index contributed by atoms with van der Waals surface area (Å²) in [6.07, 6.45) is 0. The van der Waals surface area contributed by atoms with Gasteiger partial charge in [-0.25, -0.2) is 0 Å². The molecule has 1 aromatic carbocycles. The zero-order chi connectivity index (χ0) is 13.5. The smallest absolute Gasteiger partial charge is 0.252 e. The fourth-order valence-corrected chi connectivity index (χ4v) is 2.20. The third-order valence-corrected chi connectivity index (χ3v) is 3.18. The number of carbonyl (C=O) groups excluding carboxylic acids is 1. The van der Waals surface area contributed by atoms with E-state index in [9.17, 15) is 4.79 Å². The molecule has 1 aromatic heterocycles. The average Bonchev–Trinajstić information content (AvgIpc) is 2.98. The van der Waals surface area contributed by atoms with Crippen molar-refractivity contribution < 1.29 is 14.3 Å². The van der Waals surface area contributed by atoms with E-state index in [2.05, 4.69) is 5.32 Å². The van der Waals surface area contributed by atoms with Crippen LogP contribution in [0.25, 0.3) is 0 Å². The molecule has 19 heavy (non-hydrogen) atoms. The van der Waals surface area contributed by atoms with Crippen molar-refractivity contribution in [2.45, 2.75) is 0 Å². The second-order valence-electron chi connectivity index (χ2n) is 3.77. The van der Waals surface area contributed by atoms with Gasteiger partial charge in [0.1, 0.15) is 6.61 Å². The molecule has 2 rings (SSSR count). The third-order valence-electron chi connectivity index (χ3n) is 2.50. The predicted molar refractivity (Wildman–Crippen MR) is 75.1 cm³/mol. The molecule has 5 heteroatoms. The number of nitrogens with one attached hydrogen (secondary N) is 1. The minimum absolute atomic E-state index is 0.0788. The summed E-state index contributed by atoms with van der Waals surface area (Å²) in [6, 6.07) is 9.21. The lowest BCUT2D eigenvalue weighted by atomic mass is 10.3. The molecule has 0 spiro atoms. The largest absolute Gasteiger partial charge is 0.493 e. The van der Waals surface area contributed by atoms with Crippen molar-refractivity contribution in [1.29, 1.82) is 0 Å². The van der Waals surface area contributed by atoms with Gasteiger partial charge in [0.05, 0.1) is 13.7 Å². The maximum absolute atomic E-state index is 11.7. The molecular weight excluding hydrogens is 262 g/mol. The molecule has 0 radical (unpaired) electrons. The van der Waals surface area contributed by atoms with Crippen LogP contribution in [0.15, 0.2) is 41.1 Å². The van der Waals surface area contributed by atoms with Gasteiger partial charge in [0.25, 0.3) is 5.91 Å². The number of thiophene rings is 1. The highest BCUT2D eigenvalue weighted by atomic mass is 32.1. The summed E-state index contributed by atoms with van der Waals surface area (Å²) in [6.45, 7) is 0.850. The van der Waals surface area contributed by atoms with Crippen molar-refractivity contribution >= 4 is 17.2 Å². The summed E-state index contributed by atoms with van der Waals surface area (Å²) < 4.78 is 10.7. The first-order valence-electron chi connectivity index (χ1n) is 5.87. The normalized spacial score (nSPS) is 9.95. The van der Waals surface area contributed by atoms with E-state index in [1.54, 1.807) is 13.2 Å². The van der Waals surface area contributed by atoms with E-state index in [-0.39, 0.29) is 5.91 Å². The maximum atomic E-state index is 11.7. The van der Waals surface area contributed by atoms with E-state index in [0.29, 0.717) is 30.2 Å². The first kappa shape index (κ1) is 13.4. The highest BCUT2D eigenvalue weighted by molar-refractivity contribution is 7.08. The predicted octanol–water partition coefficient (Wildman–Crippen LogP) is 2.57. The molecule has 1 amide bonds. The zero-order valence-electron chi connectivity index (χ0n) is 10.6. The first-order valence-corrected chi connectivity index (χ1v) is 6.82. The summed E-state index contributed by atoms with van der Waals surface area (Å²) in [7, 11) is 1.60. The Morgan fingerprint density at radius 2 is 2.05 bits per heavy atom. The van der Waals surface area contributed by atoms with Crippen LogP contribution >= 0.6 is 11.3 Å². The summed E-state index contributed by atoms with van der Waals surface area (Å²) in [4.78, 5) is 11.7. The van der Waals surface area contributed by atoms with Crippen molar-refractivity contribution in [3.63, 3.8) is 0 Å². The van der Waals surface area contributed by atoms with Gasteiger partial charge in [-0.3, -0.25) is 4.79 Å². The number of methoxy groups -OCH3 is 1. The van der Waals surface area contributed by atoms with Crippen molar-refractivity contribution in [2.75, 3.05) is 20.3 Å². The van der Waals surface area contributed by atoms with Crippen LogP contribution in [0.5, 0.6) is 11.5 Å². The van der Waals surface area contributed by atoms with Gasteiger partial charge in [0.15, 0.2) is 11.5 Å². The Morgan fingerprint density at radius 1 is 1.26 bits per heavy atom. The van der Waals surface area contributed by atoms with Gasteiger partial charge in [-0.05, 0) is 23.6 Å². The second-order valence-corrected chi connectivity index (χ2v) is 4.55. The fourth-order valence-electron chi connectivity index (χ4n) is 1.56. The monoisotopic (exact) mass is 277 g/mol. The minimum Gasteiger partial charge on any atom is -0.493 e. The van der Waals surface area contributed by atoms with Crippen LogP contribution < -0.4 is 14.8 Å². The molecule has 4 nitrogen and oxygen atoms in total. The number of hydrogen-bond acceptors (Lipinski definition) is 4. The first-order chi connectivity index (χ1) is 9.31. The molecule has 100 valence electrons. The third kappa shape index (κ3) is 3.72. The Hall–Kier alpha value is -2.01. The molecule has 1 N–H and O–H groups in total. The van der Waals surface area contributed by atoms with E-state index < -0.39 is 0 Å². The number of ether oxygens (including phenoxy) is 2. The molecule has 2 aromatic rings. The van der Waals surface area contributed by atoms with Gasteiger partial charge in [-0.1, -0.05) is 12.1 Å². The molecule has 0 bridgehead atoms. The summed E-state index contributed by atoms with van der Waals surface area (Å²) in [5.41, 5.74) is 0.683. The molecule has 0 aliphatic rings. The second kappa shape index (κ2) is 6.80. The van der Waals surface area contributed by atoms with Crippen LogP contribution in [0.4, 0.5) is 0 Å². The fraction of sp³-hybridized carbons (Fsp3) is 0.214. The Bertz CT molecular complexity index is 525. The molecule has 0 atom stereocenters. The number of amides is 1. The lowest BCUT2D eigenvalue weighted by Crippen LogP contribution is -2.27. The molecular formula is C14H15NO3S. The number of para-hydroxylation sites is 2. The van der Waals surface area contributed by atoms with E-state index in [1.165, 1.54) is 11.3 Å². The SMILES string of the molecule is COc1ccccc1OCCNC(=O)c1ccsc1. The van der Waals surface area contributed by atoms with E-state index in [1.807, 2.05) is 35.0 Å². The topological polar surface area (TPSA) is 47.6 Å². The van der Waals surface area contributed by atoms with Gasteiger partial charge in [0, 0.05) is 10.9 Å². The molecule has 0 aliphatic heterocycles. The molecule has 1 heterocycles. The average molecular weight is 277 g/mol. The highest BCUT2D eigenvalue weighted by Gasteiger charge is 2.05. The van der Waals surface area contributed by atoms with Crippen molar-refractivity contribution in [1.82, 2.24) is 5.32 Å². The van der Waals surface area contributed by atoms with Gasteiger partial charge < -0.3 is 14.8 Å². The molecule has 0 aliphatic carbocycles. The Morgan fingerprint density at radius 3 is 2.74 bits per heavy atom. The van der Waals surface area contributed by atoms with E-state index in [0.717, 1.165) is 0 Å². The van der Waals surface area contributed by atoms with Crippen LogP contribution in [0.1, 0.15) is 10.4 Å². The Kier molecular flexibility index (Phi) is 4.80. The van der Waals surface area contributed by atoms with Gasteiger partial charge in [0.2, 0.25) is 0 Å². The maximum Gasteiger partial charge on any atom is 0.252 e. The Balaban J connectivity index is 1.76. The standard InChI is InChI=1S/C14H15NO3S/c1-17-12-4-2-3-5-13(12)18-8-7-15-14(16)11-6-9-19-10-11/h2-6,9-10H,7-8H2,1H3,(H,15,16). The van der Waals surface area contributed by atoms with Crippen molar-refractivity contribution in [3.05, 3.63) is 46.7 Å². The number of carbonyl (C=O) groups is 1. The molecule has 0 saturated heterocycles.